The molecule has 133 heavy (non-hydrogen) atoms. The number of phenolic OH excluding ortho intramolecular Hbond substituents is 3. The third-order valence-corrected chi connectivity index (χ3v) is 24.5. The second kappa shape index (κ2) is 49.8. The van der Waals surface area contributed by atoms with Crippen molar-refractivity contribution in [2.45, 2.75) is 159 Å². The van der Waals surface area contributed by atoms with Crippen LogP contribution in [0.3, 0.4) is 0 Å². The van der Waals surface area contributed by atoms with E-state index in [1.807, 2.05) is 0 Å². The molecule has 0 aliphatic carbocycles. The number of hydrogen-bond acceptors (Lipinski definition) is 21. The molecule has 1 aliphatic heterocycles. The number of benzene rings is 7. The Hall–Kier alpha value is -14.1. The van der Waals surface area contributed by atoms with Gasteiger partial charge in [0.15, 0.2) is 11.6 Å². The highest BCUT2D eigenvalue weighted by Crippen LogP contribution is 2.28. The lowest BCUT2D eigenvalue weighted by Gasteiger charge is -2.37. The average molecular weight is 1840 g/mol. The Morgan fingerprint density at radius 2 is 0.887 bits per heavy atom. The van der Waals surface area contributed by atoms with Crippen molar-refractivity contribution in [1.29, 1.82) is 0 Å². The van der Waals surface area contributed by atoms with Crippen molar-refractivity contribution < 1.29 is 96.8 Å². The molecular weight excluding hydrogens is 1720 g/mol. The average Bonchev–Trinajstić information content (AvgIpc) is 0.992. The Morgan fingerprint density at radius 3 is 1.42 bits per heavy atom. The number of carbonyl (C=O) groups excluding carboxylic acids is 16. The third kappa shape index (κ3) is 30.8. The standard InChI is InChI=1S/C99H119N13O20S/c1-60(2)43-77-91(123)107-82(86(118)41-42-88(100)120)57-133-58-90(122)103-81(45-62-21-13-10-14-22-62)97(129)111(8)85(48-64-25-17-12-18-26-64)99(131)112(9)84(49-67-33-39-72(116)40-34-67)98(130)108(5)54-73(117)50-69(56-132-59-113)87(119)52-75(61(3)4)95(127)110(7)83(47-63-23-15-11-16-24-63)94(126)106-80(46-66-31-37-71(115)38-32-66)96(128)109(6)55-89(121)102-79(51-68-53-101-76-28-20-19-27-74(68)76)93(125)105-78(92(124)104-77)44-65-29-35-70(114)36-30-65/h10-40,53,59-61,69,75,77-85,101,114-116H,41-52,54-58H2,1-9H3,(H2,100,120)(H,102,121)(H,103,122)(H,104,124)(H,105,125)(H,106,126)(H,107,123)/t69-,75-,77-,78-,79-,80-,81-,82-,83-,84-,85-/m0/s1. The minimum Gasteiger partial charge on any atom is -0.508 e. The van der Waals surface area contributed by atoms with Gasteiger partial charge in [0.2, 0.25) is 70.9 Å². The number of amides is 12. The van der Waals surface area contributed by atoms with Crippen LogP contribution in [0, 0.1) is 23.7 Å². The molecule has 11 atom stereocenters. The number of H-pyrrole nitrogens is 1. The number of fused-ring (bicyclic) bond motifs is 1. The number of nitrogens with zero attached hydrogens (tertiary/aromatic N) is 5. The zero-order chi connectivity index (χ0) is 96.7. The van der Waals surface area contributed by atoms with Crippen molar-refractivity contribution in [3.8, 4) is 17.2 Å². The first-order chi connectivity index (χ1) is 63.4. The number of ether oxygens (including phenoxy) is 1. The second-order valence-corrected chi connectivity index (χ2v) is 35.5. The Labute approximate surface area is 776 Å². The molecule has 12 N–H and O–H groups in total. The molecule has 706 valence electrons. The molecule has 1 saturated heterocycles. The maximum atomic E-state index is 15.8. The van der Waals surface area contributed by atoms with Crippen molar-refractivity contribution in [3.63, 3.8) is 0 Å². The Kier molecular flexibility index (Phi) is 38.5. The van der Waals surface area contributed by atoms with E-state index < -0.39 is 211 Å². The van der Waals surface area contributed by atoms with Crippen LogP contribution >= 0.6 is 11.8 Å². The first-order valence-corrected chi connectivity index (χ1v) is 45.2. The van der Waals surface area contributed by atoms with E-state index in [1.54, 1.807) is 149 Å². The van der Waals surface area contributed by atoms with Gasteiger partial charge in [-0.15, -0.1) is 11.8 Å². The molecule has 33 nitrogen and oxygen atoms in total. The SMILES string of the molecule is CC(C)C[C@@H]1NC(=O)[C@H](Cc2ccc(O)cc2)NC(=O)[C@H](Cc2c[nH]c3ccccc23)NC(=O)CN(C)C(=O)[C@H](Cc2ccc(O)cc2)NC(=O)[C@H](Cc2ccccc2)N(C)C(=O)[C@H](C(C)C)CC(=O)[C@H](COC=O)CC(=O)CN(C)C(=O)[C@H](Cc2ccc(O)cc2)N(C)C(=O)[C@H](Cc2ccccc2)N(C)C(=O)[C@H](Cc2ccccc2)NC(=O)CSC[C@@H](C(=O)CCC(N)=O)NC1=O. The maximum absolute atomic E-state index is 15.8. The summed E-state index contributed by atoms with van der Waals surface area (Å²) >= 11 is 0.863. The predicted octanol–water partition coefficient (Wildman–Crippen LogP) is 5.20. The molecule has 8 aromatic rings. The number of aromatic nitrogens is 1. The fourth-order valence-electron chi connectivity index (χ4n) is 15.9. The quantitative estimate of drug-likeness (QED) is 0.0346. The summed E-state index contributed by atoms with van der Waals surface area (Å²) in [6.45, 7) is 4.81. The number of thioether (sulfide) groups is 1. The number of phenols is 3. The molecule has 0 radical (unpaired) electrons. The van der Waals surface area contributed by atoms with Gasteiger partial charge in [0.1, 0.15) is 78.0 Å². The number of nitrogens with two attached hydrogens (primary N) is 1. The van der Waals surface area contributed by atoms with Gasteiger partial charge in [-0.1, -0.05) is 173 Å². The van der Waals surface area contributed by atoms with Crippen molar-refractivity contribution in [1.82, 2.24) is 61.4 Å². The normalized spacial score (nSPS) is 21.7. The van der Waals surface area contributed by atoms with Gasteiger partial charge in [-0.2, -0.15) is 0 Å². The summed E-state index contributed by atoms with van der Waals surface area (Å²) < 4.78 is 5.17. The number of para-hydroxylation sites is 1. The smallest absolute Gasteiger partial charge is 0.293 e. The van der Waals surface area contributed by atoms with Gasteiger partial charge in [-0.3, -0.25) is 76.7 Å². The molecule has 0 bridgehead atoms. The molecule has 0 saturated carbocycles. The van der Waals surface area contributed by atoms with Gasteiger partial charge in [0.05, 0.1) is 30.8 Å². The van der Waals surface area contributed by atoms with E-state index in [-0.39, 0.29) is 86.8 Å². The van der Waals surface area contributed by atoms with Gasteiger partial charge >= 0.3 is 0 Å². The van der Waals surface area contributed by atoms with Gasteiger partial charge in [-0.25, -0.2) is 0 Å². The molecule has 1 aromatic heterocycles. The second-order valence-electron chi connectivity index (χ2n) is 34.5. The predicted molar refractivity (Wildman–Crippen MR) is 498 cm³/mol. The minimum atomic E-state index is -1.59. The Bertz CT molecular complexity index is 5380. The number of Topliss-reactive ketones (excluding diaryl/α,β-unsaturated/α-hetero) is 3. The number of ketones is 3. The lowest BCUT2D eigenvalue weighted by molar-refractivity contribution is -0.151. The molecule has 7 aromatic carbocycles. The molecule has 9 rings (SSSR count). The number of primary amides is 1. The zero-order valence-electron chi connectivity index (χ0n) is 76.1. The largest absolute Gasteiger partial charge is 0.508 e. The van der Waals surface area contributed by atoms with Crippen LogP contribution < -0.4 is 37.6 Å². The van der Waals surface area contributed by atoms with Gasteiger partial charge in [0, 0.05) is 135 Å². The molecule has 0 unspecified atom stereocenters. The number of nitrogens with one attached hydrogen (secondary N) is 7. The van der Waals surface area contributed by atoms with Crippen molar-refractivity contribution in [2.75, 3.05) is 66.4 Å². The zero-order valence-corrected chi connectivity index (χ0v) is 76.9. The summed E-state index contributed by atoms with van der Waals surface area (Å²) in [4.78, 5) is 245. The molecule has 1 fully saturated rings. The molecule has 2 heterocycles. The van der Waals surface area contributed by atoms with E-state index in [4.69, 9.17) is 10.5 Å². The summed E-state index contributed by atoms with van der Waals surface area (Å²) in [5.41, 5.74) is 9.70. The number of hydrogen-bond donors (Lipinski definition) is 11. The van der Waals surface area contributed by atoms with Gasteiger partial charge < -0.3 is 87.2 Å². The summed E-state index contributed by atoms with van der Waals surface area (Å²) in [5, 5.41) is 48.6. The molecule has 34 heteroatoms. The lowest BCUT2D eigenvalue weighted by Crippen LogP contribution is -2.59. The van der Waals surface area contributed by atoms with Crippen LogP contribution in [0.5, 0.6) is 17.2 Å². The van der Waals surface area contributed by atoms with E-state index >= 15 is 43.2 Å². The van der Waals surface area contributed by atoms with E-state index in [0.717, 1.165) is 31.4 Å². The maximum Gasteiger partial charge on any atom is 0.293 e. The highest BCUT2D eigenvalue weighted by molar-refractivity contribution is 8.00. The van der Waals surface area contributed by atoms with Crippen LogP contribution in [0.15, 0.2) is 194 Å². The van der Waals surface area contributed by atoms with Crippen LogP contribution in [-0.2, 0) is 126 Å². The van der Waals surface area contributed by atoms with Gasteiger partial charge in [0.25, 0.3) is 6.47 Å². The molecule has 12 amide bonds. The summed E-state index contributed by atoms with van der Waals surface area (Å²) in [7, 11) is 6.65. The van der Waals surface area contributed by atoms with Crippen molar-refractivity contribution in [2.24, 2.45) is 29.4 Å². The first kappa shape index (κ1) is 103. The number of aromatic hydroxyl groups is 3. The number of aromatic amines is 1. The summed E-state index contributed by atoms with van der Waals surface area (Å²) in [6.07, 6.45) is -2.07. The van der Waals surface area contributed by atoms with Crippen LogP contribution in [0.2, 0.25) is 0 Å². The van der Waals surface area contributed by atoms with Crippen LogP contribution in [0.4, 0.5) is 0 Å². The van der Waals surface area contributed by atoms with Crippen LogP contribution in [0.25, 0.3) is 10.9 Å². The summed E-state index contributed by atoms with van der Waals surface area (Å²) in [6, 6.07) is 36.8. The van der Waals surface area contributed by atoms with Crippen molar-refractivity contribution >= 4 is 117 Å². The fraction of sp³-hybridized carbons (Fsp3) is 0.394. The van der Waals surface area contributed by atoms with Crippen LogP contribution in [0.1, 0.15) is 98.7 Å². The Balaban J connectivity index is 1.12. The topological polar surface area (TPSA) is 473 Å². The number of rotatable bonds is 24. The minimum absolute atomic E-state index is 0.0762. The highest BCUT2D eigenvalue weighted by Gasteiger charge is 2.43. The van der Waals surface area contributed by atoms with Crippen molar-refractivity contribution in [3.05, 3.63) is 233 Å². The number of carbonyl (C=O) groups is 16. The number of likely N-dealkylation sites (N-methyl/N-ethyl adjacent to an activating group) is 5. The molecular formula is C99H119N13O20S. The van der Waals surface area contributed by atoms with E-state index in [1.165, 1.54) is 113 Å². The van der Waals surface area contributed by atoms with Gasteiger partial charge in [-0.05, 0) is 99.7 Å². The van der Waals surface area contributed by atoms with E-state index in [2.05, 4.69) is 36.9 Å². The fourth-order valence-corrected chi connectivity index (χ4v) is 16.8. The first-order valence-electron chi connectivity index (χ1n) is 44.0. The molecule has 0 spiro atoms. The highest BCUT2D eigenvalue weighted by atomic mass is 32.2. The Morgan fingerprint density at radius 1 is 0.451 bits per heavy atom. The van der Waals surface area contributed by atoms with E-state index in [0.29, 0.717) is 49.8 Å². The third-order valence-electron chi connectivity index (χ3n) is 23.5. The summed E-state index contributed by atoms with van der Waals surface area (Å²) in [5.74, 6) is -17.1. The van der Waals surface area contributed by atoms with E-state index in [9.17, 15) is 48.9 Å². The monoisotopic (exact) mass is 1840 g/mol. The van der Waals surface area contributed by atoms with Crippen LogP contribution in [-0.4, -0.2) is 260 Å². The lowest BCUT2D eigenvalue weighted by atomic mass is 9.84. The molecule has 1 aliphatic rings.